The molecular weight excluding hydrogens is 390 g/mol. The lowest BCUT2D eigenvalue weighted by Gasteiger charge is -2.13. The van der Waals surface area contributed by atoms with Crippen molar-refractivity contribution < 1.29 is 4.79 Å². The molecule has 0 unspecified atom stereocenters. The van der Waals surface area contributed by atoms with Crippen molar-refractivity contribution in [3.8, 4) is 11.1 Å². The van der Waals surface area contributed by atoms with E-state index in [2.05, 4.69) is 34.2 Å². The summed E-state index contributed by atoms with van der Waals surface area (Å²) in [5.41, 5.74) is 13.1. The van der Waals surface area contributed by atoms with Crippen LogP contribution in [0.3, 0.4) is 0 Å². The van der Waals surface area contributed by atoms with Gasteiger partial charge >= 0.3 is 0 Å². The van der Waals surface area contributed by atoms with E-state index in [1.165, 1.54) is 29.3 Å². The van der Waals surface area contributed by atoms with Gasteiger partial charge in [-0.05, 0) is 65.3 Å². The van der Waals surface area contributed by atoms with Crippen molar-refractivity contribution in [3.05, 3.63) is 89.2 Å². The fourth-order valence-corrected chi connectivity index (χ4v) is 5.23. The van der Waals surface area contributed by atoms with Crippen LogP contribution in [0, 0.1) is 0 Å². The first-order valence-electron chi connectivity index (χ1n) is 10.1. The van der Waals surface area contributed by atoms with Gasteiger partial charge in [-0.1, -0.05) is 36.4 Å². The van der Waals surface area contributed by atoms with Gasteiger partial charge in [0.25, 0.3) is 5.91 Å². The van der Waals surface area contributed by atoms with Crippen molar-refractivity contribution in [2.24, 2.45) is 5.73 Å². The van der Waals surface area contributed by atoms with Gasteiger partial charge in [0, 0.05) is 23.5 Å². The zero-order valence-corrected chi connectivity index (χ0v) is 17.3. The van der Waals surface area contributed by atoms with E-state index < -0.39 is 5.91 Å². The molecule has 0 aliphatic heterocycles. The Bertz CT molecular complexity index is 1260. The highest BCUT2D eigenvalue weighted by molar-refractivity contribution is 7.98. The minimum absolute atomic E-state index is 0.444. The second kappa shape index (κ2) is 7.92. The molecule has 0 fully saturated rings. The molecule has 4 aromatic rings. The van der Waals surface area contributed by atoms with Crippen LogP contribution in [0.5, 0.6) is 0 Å². The van der Waals surface area contributed by atoms with E-state index in [1.54, 1.807) is 6.20 Å². The maximum absolute atomic E-state index is 12.4. The third-order valence-corrected chi connectivity index (χ3v) is 6.71. The molecule has 1 aliphatic rings. The van der Waals surface area contributed by atoms with Crippen LogP contribution in [0.15, 0.2) is 72.0 Å². The van der Waals surface area contributed by atoms with Crippen molar-refractivity contribution in [3.63, 3.8) is 0 Å². The molecule has 2 N–H and O–H groups in total. The minimum atomic E-state index is -0.444. The molecule has 0 spiro atoms. The molecular formula is C25H21N3OS. The van der Waals surface area contributed by atoms with Gasteiger partial charge in [-0.25, -0.2) is 4.98 Å². The maximum Gasteiger partial charge on any atom is 0.252 e. The number of thioether (sulfide) groups is 1. The third-order valence-electron chi connectivity index (χ3n) is 5.68. The zero-order valence-electron chi connectivity index (χ0n) is 16.5. The van der Waals surface area contributed by atoms with Gasteiger partial charge in [0.1, 0.15) is 5.03 Å². The standard InChI is InChI=1S/C25H21N3OS/c26-24(29)23-21(18-9-8-16-4-3-5-17(16)14-18)11-13-28-25(23)30-15-19-10-12-27-22-7-2-1-6-20(19)22/h1-2,6-14H,3-5,15H2,(H2,26,29). The molecule has 4 nitrogen and oxygen atoms in total. The Morgan fingerprint density at radius 3 is 2.70 bits per heavy atom. The van der Waals surface area contributed by atoms with Gasteiger partial charge in [-0.2, -0.15) is 0 Å². The summed E-state index contributed by atoms with van der Waals surface area (Å²) in [5.74, 6) is 0.241. The van der Waals surface area contributed by atoms with Gasteiger partial charge < -0.3 is 5.73 Å². The molecule has 2 aromatic heterocycles. The van der Waals surface area contributed by atoms with Gasteiger partial charge in [0.05, 0.1) is 11.1 Å². The second-order valence-electron chi connectivity index (χ2n) is 7.52. The normalized spacial score (nSPS) is 12.8. The summed E-state index contributed by atoms with van der Waals surface area (Å²) >= 11 is 1.54. The van der Waals surface area contributed by atoms with Gasteiger partial charge in [-0.3, -0.25) is 9.78 Å². The number of hydrogen-bond donors (Lipinski definition) is 1. The summed E-state index contributed by atoms with van der Waals surface area (Å²) in [6.45, 7) is 0. The number of carbonyl (C=O) groups excluding carboxylic acids is 1. The molecule has 0 atom stereocenters. The Hall–Kier alpha value is -3.18. The molecule has 148 valence electrons. The number of benzene rings is 2. The largest absolute Gasteiger partial charge is 0.365 e. The molecule has 5 rings (SSSR count). The van der Waals surface area contributed by atoms with E-state index in [-0.39, 0.29) is 0 Å². The lowest BCUT2D eigenvalue weighted by molar-refractivity contribution is 0.0997. The summed E-state index contributed by atoms with van der Waals surface area (Å²) < 4.78 is 0. The van der Waals surface area contributed by atoms with Gasteiger partial charge in [0.15, 0.2) is 0 Å². The molecule has 1 amide bonds. The summed E-state index contributed by atoms with van der Waals surface area (Å²) in [6.07, 6.45) is 7.01. The van der Waals surface area contributed by atoms with Crippen LogP contribution in [0.25, 0.3) is 22.0 Å². The summed E-state index contributed by atoms with van der Waals surface area (Å²) in [4.78, 5) is 21.4. The first kappa shape index (κ1) is 18.8. The number of pyridine rings is 2. The van der Waals surface area contributed by atoms with E-state index >= 15 is 0 Å². The highest BCUT2D eigenvalue weighted by Gasteiger charge is 2.19. The summed E-state index contributed by atoms with van der Waals surface area (Å²) in [6, 6.07) is 18.5. The molecule has 0 saturated carbocycles. The van der Waals surface area contributed by atoms with Crippen molar-refractivity contribution in [2.75, 3.05) is 0 Å². The SMILES string of the molecule is NC(=O)c1c(-c2ccc3c(c2)CCC3)ccnc1SCc1ccnc2ccccc12. The van der Waals surface area contributed by atoms with Crippen LogP contribution in [-0.2, 0) is 18.6 Å². The number of aryl methyl sites for hydroxylation is 2. The number of amides is 1. The highest BCUT2D eigenvalue weighted by atomic mass is 32.2. The van der Waals surface area contributed by atoms with Crippen LogP contribution >= 0.6 is 11.8 Å². The van der Waals surface area contributed by atoms with Crippen LogP contribution < -0.4 is 5.73 Å². The minimum Gasteiger partial charge on any atom is -0.365 e. The Balaban J connectivity index is 1.51. The topological polar surface area (TPSA) is 68.9 Å². The monoisotopic (exact) mass is 411 g/mol. The van der Waals surface area contributed by atoms with Crippen molar-refractivity contribution in [1.82, 2.24) is 9.97 Å². The average molecular weight is 412 g/mol. The Morgan fingerprint density at radius 1 is 0.967 bits per heavy atom. The molecule has 1 aliphatic carbocycles. The number of hydrogen-bond acceptors (Lipinski definition) is 4. The number of aromatic nitrogens is 2. The molecule has 5 heteroatoms. The lowest BCUT2D eigenvalue weighted by atomic mass is 9.98. The van der Waals surface area contributed by atoms with E-state index in [4.69, 9.17) is 5.73 Å². The molecule has 0 saturated heterocycles. The number of rotatable bonds is 5. The Labute approximate surface area is 179 Å². The predicted octanol–water partition coefficient (Wildman–Crippen LogP) is 5.18. The highest BCUT2D eigenvalue weighted by Crippen LogP contribution is 2.34. The van der Waals surface area contributed by atoms with Crippen LogP contribution in [-0.4, -0.2) is 15.9 Å². The number of carbonyl (C=O) groups is 1. The van der Waals surface area contributed by atoms with E-state index in [0.29, 0.717) is 16.3 Å². The van der Waals surface area contributed by atoms with Gasteiger partial charge in [0.2, 0.25) is 0 Å². The van der Waals surface area contributed by atoms with Crippen LogP contribution in [0.1, 0.15) is 33.5 Å². The van der Waals surface area contributed by atoms with Crippen molar-refractivity contribution in [1.29, 1.82) is 0 Å². The second-order valence-corrected chi connectivity index (χ2v) is 8.48. The van der Waals surface area contributed by atoms with Crippen molar-refractivity contribution >= 4 is 28.6 Å². The Morgan fingerprint density at radius 2 is 1.80 bits per heavy atom. The van der Waals surface area contributed by atoms with Crippen LogP contribution in [0.4, 0.5) is 0 Å². The first-order valence-corrected chi connectivity index (χ1v) is 11.1. The lowest BCUT2D eigenvalue weighted by Crippen LogP contribution is -2.15. The Kier molecular flexibility index (Phi) is 4.97. The molecule has 0 radical (unpaired) electrons. The quantitative estimate of drug-likeness (QED) is 0.460. The third kappa shape index (κ3) is 3.46. The predicted molar refractivity (Wildman–Crippen MR) is 122 cm³/mol. The van der Waals surface area contributed by atoms with E-state index in [0.717, 1.165) is 40.4 Å². The number of nitrogens with zero attached hydrogens (tertiary/aromatic N) is 2. The maximum atomic E-state index is 12.4. The number of para-hydroxylation sites is 1. The fourth-order valence-electron chi connectivity index (χ4n) is 4.20. The van der Waals surface area contributed by atoms with E-state index in [1.807, 2.05) is 36.5 Å². The smallest absolute Gasteiger partial charge is 0.252 e. The van der Waals surface area contributed by atoms with Crippen LogP contribution in [0.2, 0.25) is 0 Å². The summed E-state index contributed by atoms with van der Waals surface area (Å²) in [7, 11) is 0. The zero-order chi connectivity index (χ0) is 20.5. The fraction of sp³-hybridized carbons (Fsp3) is 0.160. The number of nitrogens with two attached hydrogens (primary N) is 1. The molecule has 0 bridgehead atoms. The molecule has 30 heavy (non-hydrogen) atoms. The van der Waals surface area contributed by atoms with Gasteiger partial charge in [-0.15, -0.1) is 11.8 Å². The number of primary amides is 1. The van der Waals surface area contributed by atoms with Crippen molar-refractivity contribution in [2.45, 2.75) is 30.0 Å². The van der Waals surface area contributed by atoms with E-state index in [9.17, 15) is 4.79 Å². The summed E-state index contributed by atoms with van der Waals surface area (Å²) in [5, 5.41) is 1.78. The average Bonchev–Trinajstić information content (AvgIpc) is 3.25. The molecule has 2 aromatic carbocycles. The molecule has 2 heterocycles. The first-order chi connectivity index (χ1) is 14.7. The number of fused-ring (bicyclic) bond motifs is 2.